The van der Waals surface area contributed by atoms with Crippen LogP contribution in [-0.2, 0) is 10.0 Å². The third-order valence-electron chi connectivity index (χ3n) is 2.64. The van der Waals surface area contributed by atoms with E-state index in [1.165, 1.54) is 18.2 Å². The van der Waals surface area contributed by atoms with E-state index < -0.39 is 10.0 Å². The summed E-state index contributed by atoms with van der Waals surface area (Å²) in [7, 11) is -3.74. The Hall–Kier alpha value is -1.43. The highest BCUT2D eigenvalue weighted by Gasteiger charge is 2.17. The number of benzene rings is 2. The summed E-state index contributed by atoms with van der Waals surface area (Å²) in [6.07, 6.45) is 0. The van der Waals surface area contributed by atoms with Crippen LogP contribution in [0.1, 0.15) is 5.56 Å². The summed E-state index contributed by atoms with van der Waals surface area (Å²) in [5.74, 6) is 0. The van der Waals surface area contributed by atoms with Crippen molar-refractivity contribution >= 4 is 44.6 Å². The van der Waals surface area contributed by atoms with Crippen LogP contribution in [0.25, 0.3) is 0 Å². The van der Waals surface area contributed by atoms with Crippen molar-refractivity contribution in [2.24, 2.45) is 0 Å². The SMILES string of the molecule is Cc1cc(S(=O)(=O)Nc2cccc(Cl)c2)cc(N)c1Cl. The third kappa shape index (κ3) is 3.17. The van der Waals surface area contributed by atoms with E-state index in [4.69, 9.17) is 28.9 Å². The Morgan fingerprint density at radius 1 is 1.15 bits per heavy atom. The number of hydrogen-bond acceptors (Lipinski definition) is 3. The van der Waals surface area contributed by atoms with Gasteiger partial charge in [-0.15, -0.1) is 0 Å². The number of anilines is 2. The molecule has 0 aromatic heterocycles. The summed E-state index contributed by atoms with van der Waals surface area (Å²) in [6, 6.07) is 9.22. The Labute approximate surface area is 127 Å². The lowest BCUT2D eigenvalue weighted by atomic mass is 10.2. The summed E-state index contributed by atoms with van der Waals surface area (Å²) in [4.78, 5) is 0.0527. The number of sulfonamides is 1. The Bertz CT molecular complexity index is 738. The van der Waals surface area contributed by atoms with Crippen LogP contribution in [0.4, 0.5) is 11.4 Å². The summed E-state index contributed by atoms with van der Waals surface area (Å²) in [5, 5.41) is 0.795. The number of rotatable bonds is 3. The van der Waals surface area contributed by atoms with Crippen LogP contribution in [0.15, 0.2) is 41.3 Å². The fraction of sp³-hybridized carbons (Fsp3) is 0.0769. The highest BCUT2D eigenvalue weighted by atomic mass is 35.5. The highest BCUT2D eigenvalue weighted by molar-refractivity contribution is 7.92. The molecule has 0 spiro atoms. The van der Waals surface area contributed by atoms with Gasteiger partial charge in [0.05, 0.1) is 21.3 Å². The average Bonchev–Trinajstić information content (AvgIpc) is 2.34. The lowest BCUT2D eigenvalue weighted by Crippen LogP contribution is -2.13. The normalized spacial score (nSPS) is 11.3. The maximum Gasteiger partial charge on any atom is 0.261 e. The molecule has 0 saturated heterocycles. The van der Waals surface area contributed by atoms with Crippen molar-refractivity contribution in [3.63, 3.8) is 0 Å². The van der Waals surface area contributed by atoms with Gasteiger partial charge in [0.1, 0.15) is 0 Å². The fourth-order valence-corrected chi connectivity index (χ4v) is 3.15. The van der Waals surface area contributed by atoms with Gasteiger partial charge in [-0.1, -0.05) is 29.3 Å². The van der Waals surface area contributed by atoms with Gasteiger partial charge >= 0.3 is 0 Å². The predicted octanol–water partition coefficient (Wildman–Crippen LogP) is 3.68. The number of aryl methyl sites for hydroxylation is 1. The molecule has 2 rings (SSSR count). The van der Waals surface area contributed by atoms with Crippen LogP contribution in [0.5, 0.6) is 0 Å². The molecule has 0 atom stereocenters. The van der Waals surface area contributed by atoms with E-state index >= 15 is 0 Å². The molecule has 106 valence electrons. The third-order valence-corrected chi connectivity index (χ3v) is 4.76. The van der Waals surface area contributed by atoms with E-state index in [-0.39, 0.29) is 10.6 Å². The average molecular weight is 331 g/mol. The Balaban J connectivity index is 2.41. The summed E-state index contributed by atoms with van der Waals surface area (Å²) < 4.78 is 27.0. The first kappa shape index (κ1) is 15.0. The first-order valence-electron chi connectivity index (χ1n) is 5.63. The largest absolute Gasteiger partial charge is 0.397 e. The second-order valence-electron chi connectivity index (χ2n) is 4.26. The molecule has 2 aromatic carbocycles. The molecule has 4 nitrogen and oxygen atoms in total. The maximum atomic E-state index is 12.3. The van der Waals surface area contributed by atoms with Gasteiger partial charge < -0.3 is 5.73 Å². The van der Waals surface area contributed by atoms with Crippen LogP contribution < -0.4 is 10.5 Å². The van der Waals surface area contributed by atoms with Gasteiger partial charge in [0.2, 0.25) is 0 Å². The summed E-state index contributed by atoms with van der Waals surface area (Å²) >= 11 is 11.7. The van der Waals surface area contributed by atoms with Crippen molar-refractivity contribution in [3.8, 4) is 0 Å². The second-order valence-corrected chi connectivity index (χ2v) is 6.76. The molecule has 0 unspecified atom stereocenters. The van der Waals surface area contributed by atoms with Crippen molar-refractivity contribution in [2.75, 3.05) is 10.5 Å². The van der Waals surface area contributed by atoms with Crippen molar-refractivity contribution in [1.82, 2.24) is 0 Å². The molecule has 20 heavy (non-hydrogen) atoms. The molecular weight excluding hydrogens is 319 g/mol. The van der Waals surface area contributed by atoms with Crippen LogP contribution in [0.3, 0.4) is 0 Å². The monoisotopic (exact) mass is 330 g/mol. The van der Waals surface area contributed by atoms with Crippen LogP contribution in [-0.4, -0.2) is 8.42 Å². The zero-order chi connectivity index (χ0) is 14.9. The molecule has 0 saturated carbocycles. The van der Waals surface area contributed by atoms with E-state index in [2.05, 4.69) is 4.72 Å². The van der Waals surface area contributed by atoms with E-state index in [0.29, 0.717) is 21.3 Å². The van der Waals surface area contributed by atoms with Gasteiger partial charge in [0, 0.05) is 5.02 Å². The Kier molecular flexibility index (Phi) is 4.13. The minimum absolute atomic E-state index is 0.0527. The molecule has 0 fully saturated rings. The van der Waals surface area contributed by atoms with Gasteiger partial charge in [-0.05, 0) is 42.8 Å². The smallest absolute Gasteiger partial charge is 0.261 e. The molecule has 0 amide bonds. The van der Waals surface area contributed by atoms with Gasteiger partial charge in [-0.3, -0.25) is 4.72 Å². The standard InChI is InChI=1S/C13H12Cl2N2O2S/c1-8-5-11(7-12(16)13(8)15)20(18,19)17-10-4-2-3-9(14)6-10/h2-7,17H,16H2,1H3. The van der Waals surface area contributed by atoms with Gasteiger partial charge in [0.25, 0.3) is 10.0 Å². The minimum atomic E-state index is -3.74. The molecule has 3 N–H and O–H groups in total. The van der Waals surface area contributed by atoms with Gasteiger partial charge in [0.15, 0.2) is 0 Å². The van der Waals surface area contributed by atoms with Crippen LogP contribution in [0.2, 0.25) is 10.0 Å². The van der Waals surface area contributed by atoms with Crippen molar-refractivity contribution in [1.29, 1.82) is 0 Å². The van der Waals surface area contributed by atoms with Gasteiger partial charge in [-0.2, -0.15) is 0 Å². The number of hydrogen-bond donors (Lipinski definition) is 2. The summed E-state index contributed by atoms with van der Waals surface area (Å²) in [6.45, 7) is 1.69. The lowest BCUT2D eigenvalue weighted by molar-refractivity contribution is 0.601. The van der Waals surface area contributed by atoms with E-state index in [0.717, 1.165) is 0 Å². The number of halogens is 2. The zero-order valence-electron chi connectivity index (χ0n) is 10.5. The molecular formula is C13H12Cl2N2O2S. The number of nitrogen functional groups attached to an aromatic ring is 1. The Morgan fingerprint density at radius 3 is 2.45 bits per heavy atom. The zero-order valence-corrected chi connectivity index (χ0v) is 12.9. The van der Waals surface area contributed by atoms with Crippen molar-refractivity contribution < 1.29 is 8.42 Å². The second kappa shape index (κ2) is 5.52. The summed E-state index contributed by atoms with van der Waals surface area (Å²) in [5.41, 5.74) is 6.88. The lowest BCUT2D eigenvalue weighted by Gasteiger charge is -2.11. The number of nitrogens with one attached hydrogen (secondary N) is 1. The van der Waals surface area contributed by atoms with Crippen LogP contribution in [0, 0.1) is 6.92 Å². The van der Waals surface area contributed by atoms with E-state index in [1.54, 1.807) is 25.1 Å². The molecule has 0 aliphatic rings. The Morgan fingerprint density at radius 2 is 1.85 bits per heavy atom. The molecule has 0 aliphatic carbocycles. The molecule has 7 heteroatoms. The van der Waals surface area contributed by atoms with Crippen LogP contribution >= 0.6 is 23.2 Å². The molecule has 0 radical (unpaired) electrons. The first-order chi connectivity index (χ1) is 9.29. The van der Waals surface area contributed by atoms with E-state index in [1.807, 2.05) is 0 Å². The topological polar surface area (TPSA) is 72.2 Å². The quantitative estimate of drug-likeness (QED) is 0.843. The van der Waals surface area contributed by atoms with Crippen molar-refractivity contribution in [3.05, 3.63) is 52.0 Å². The fourth-order valence-electron chi connectivity index (χ4n) is 1.68. The molecule has 0 aliphatic heterocycles. The first-order valence-corrected chi connectivity index (χ1v) is 7.87. The maximum absolute atomic E-state index is 12.3. The van der Waals surface area contributed by atoms with Gasteiger partial charge in [-0.25, -0.2) is 8.42 Å². The molecule has 2 aromatic rings. The predicted molar refractivity (Wildman–Crippen MR) is 82.9 cm³/mol. The van der Waals surface area contributed by atoms with Crippen molar-refractivity contribution in [2.45, 2.75) is 11.8 Å². The molecule has 0 heterocycles. The minimum Gasteiger partial charge on any atom is -0.397 e. The van der Waals surface area contributed by atoms with E-state index in [9.17, 15) is 8.42 Å². The highest BCUT2D eigenvalue weighted by Crippen LogP contribution is 2.28. The number of nitrogens with two attached hydrogens (primary N) is 1. The molecule has 0 bridgehead atoms.